The van der Waals surface area contributed by atoms with Gasteiger partial charge >= 0.3 is 5.97 Å². The van der Waals surface area contributed by atoms with E-state index in [0.717, 1.165) is 5.56 Å². The minimum absolute atomic E-state index is 0.231. The van der Waals surface area contributed by atoms with Gasteiger partial charge in [0, 0.05) is 11.6 Å². The summed E-state index contributed by atoms with van der Waals surface area (Å²) in [5, 5.41) is 11.5. The van der Waals surface area contributed by atoms with E-state index in [9.17, 15) is 19.7 Å². The van der Waals surface area contributed by atoms with Crippen LogP contribution in [0.15, 0.2) is 54.6 Å². The first-order valence-electron chi connectivity index (χ1n) is 9.10. The molecule has 0 aliphatic rings. The van der Waals surface area contributed by atoms with E-state index in [1.54, 1.807) is 52.2 Å². The van der Waals surface area contributed by atoms with Crippen LogP contribution < -0.4 is 4.74 Å². The van der Waals surface area contributed by atoms with Crippen molar-refractivity contribution in [2.24, 2.45) is 0 Å². The highest BCUT2D eigenvalue weighted by molar-refractivity contribution is 6.25. The fourth-order valence-electron chi connectivity index (χ4n) is 2.58. The number of ketones is 1. The second kappa shape index (κ2) is 9.17. The third-order valence-electron chi connectivity index (χ3n) is 3.98. The van der Waals surface area contributed by atoms with Crippen LogP contribution >= 0.6 is 0 Å². The Kier molecular flexibility index (Phi) is 6.89. The Morgan fingerprint density at radius 3 is 2.37 bits per heavy atom. The Morgan fingerprint density at radius 2 is 1.77 bits per heavy atom. The Morgan fingerprint density at radius 1 is 1.10 bits per heavy atom. The van der Waals surface area contributed by atoms with Gasteiger partial charge in [-0.15, -0.1) is 0 Å². The lowest BCUT2D eigenvalue weighted by Gasteiger charge is -2.19. The third kappa shape index (κ3) is 5.64. The molecule has 0 spiro atoms. The van der Waals surface area contributed by atoms with E-state index in [1.807, 2.05) is 18.2 Å². The zero-order valence-electron chi connectivity index (χ0n) is 17.3. The first kappa shape index (κ1) is 22.5. The number of Topliss-reactive ketones (excluding diaryl/α,β-unsaturated/α-hetero) is 1. The van der Waals surface area contributed by atoms with Crippen LogP contribution in [0.4, 0.5) is 5.69 Å². The molecule has 156 valence electrons. The van der Waals surface area contributed by atoms with E-state index in [0.29, 0.717) is 11.3 Å². The first-order valence-corrected chi connectivity index (χ1v) is 9.10. The van der Waals surface area contributed by atoms with Crippen LogP contribution in [0.2, 0.25) is 0 Å². The van der Waals surface area contributed by atoms with Gasteiger partial charge in [0.15, 0.2) is 0 Å². The zero-order valence-corrected chi connectivity index (χ0v) is 17.3. The van der Waals surface area contributed by atoms with Gasteiger partial charge in [-0.05, 0) is 38.5 Å². The topological polar surface area (TPSA) is 95.7 Å². The van der Waals surface area contributed by atoms with Gasteiger partial charge in [0.05, 0.1) is 12.0 Å². The molecule has 0 atom stereocenters. The molecule has 7 heteroatoms. The smallest absolute Gasteiger partial charge is 0.342 e. The number of carbonyl (C=O) groups is 2. The number of esters is 1. The van der Waals surface area contributed by atoms with E-state index >= 15 is 0 Å². The van der Waals surface area contributed by atoms with Crippen LogP contribution in [-0.2, 0) is 9.53 Å². The van der Waals surface area contributed by atoms with Gasteiger partial charge in [0.25, 0.3) is 5.69 Å². The summed E-state index contributed by atoms with van der Waals surface area (Å²) in [5.74, 6) is -1.11. The van der Waals surface area contributed by atoms with Crippen molar-refractivity contribution in [2.75, 3.05) is 7.11 Å². The van der Waals surface area contributed by atoms with Crippen LogP contribution in [0, 0.1) is 10.1 Å². The van der Waals surface area contributed by atoms with Crippen molar-refractivity contribution in [3.05, 3.63) is 81.4 Å². The molecular formula is C23H23NO6. The second-order valence-electron chi connectivity index (χ2n) is 7.42. The van der Waals surface area contributed by atoms with Crippen LogP contribution in [-0.4, -0.2) is 29.4 Å². The summed E-state index contributed by atoms with van der Waals surface area (Å²) < 4.78 is 10.4. The van der Waals surface area contributed by atoms with Crippen molar-refractivity contribution in [1.29, 1.82) is 0 Å². The normalized spacial score (nSPS) is 11.2. The minimum atomic E-state index is -0.915. The second-order valence-corrected chi connectivity index (χ2v) is 7.42. The maximum absolute atomic E-state index is 12.6. The Balaban J connectivity index is 2.34. The Labute approximate surface area is 174 Å². The van der Waals surface area contributed by atoms with Gasteiger partial charge in [-0.25, -0.2) is 4.79 Å². The van der Waals surface area contributed by atoms with Gasteiger partial charge in [0.1, 0.15) is 22.5 Å². The highest BCUT2D eigenvalue weighted by Crippen LogP contribution is 2.26. The quantitative estimate of drug-likeness (QED) is 0.0948. The molecule has 0 radical (unpaired) electrons. The number of nitro groups is 1. The average Bonchev–Trinajstić information content (AvgIpc) is 2.69. The molecule has 30 heavy (non-hydrogen) atoms. The van der Waals surface area contributed by atoms with Gasteiger partial charge in [-0.3, -0.25) is 14.9 Å². The van der Waals surface area contributed by atoms with Gasteiger partial charge in [-0.1, -0.05) is 43.0 Å². The molecule has 0 amide bonds. The monoisotopic (exact) mass is 409 g/mol. The number of nitrogens with zero attached hydrogens (tertiary/aromatic N) is 1. The summed E-state index contributed by atoms with van der Waals surface area (Å²) in [5.41, 5.74) is -0.644. The number of hydrogen-bond donors (Lipinski definition) is 0. The first-order chi connectivity index (χ1) is 14.0. The summed E-state index contributed by atoms with van der Waals surface area (Å²) in [6, 6.07) is 11.4. The lowest BCUT2D eigenvalue weighted by Crippen LogP contribution is -2.27. The van der Waals surface area contributed by atoms with E-state index in [-0.39, 0.29) is 5.56 Å². The summed E-state index contributed by atoms with van der Waals surface area (Å²) in [4.78, 5) is 35.6. The molecule has 0 saturated carbocycles. The van der Waals surface area contributed by atoms with E-state index in [2.05, 4.69) is 6.58 Å². The number of carbonyl (C=O) groups excluding carboxylic acids is 2. The third-order valence-corrected chi connectivity index (χ3v) is 3.98. The highest BCUT2D eigenvalue weighted by Gasteiger charge is 2.28. The van der Waals surface area contributed by atoms with Crippen LogP contribution in [0.25, 0.3) is 12.2 Å². The van der Waals surface area contributed by atoms with Crippen molar-refractivity contribution in [1.82, 2.24) is 0 Å². The Bertz CT molecular complexity index is 1030. The van der Waals surface area contributed by atoms with E-state index in [4.69, 9.17) is 9.47 Å². The van der Waals surface area contributed by atoms with Gasteiger partial charge < -0.3 is 9.47 Å². The summed E-state index contributed by atoms with van der Waals surface area (Å²) in [6.07, 6.45) is 3.42. The maximum atomic E-state index is 12.6. The number of hydrogen-bond acceptors (Lipinski definition) is 6. The van der Waals surface area contributed by atoms with Crippen LogP contribution in [0.1, 0.15) is 42.3 Å². The number of nitro benzene ring substituents is 1. The minimum Gasteiger partial charge on any atom is -0.496 e. The van der Waals surface area contributed by atoms with Crippen molar-refractivity contribution >= 4 is 29.6 Å². The predicted octanol–water partition coefficient (Wildman–Crippen LogP) is 4.85. The molecule has 0 aliphatic carbocycles. The molecule has 0 bridgehead atoms. The molecule has 0 saturated heterocycles. The molecule has 0 heterocycles. The number of rotatable bonds is 7. The van der Waals surface area contributed by atoms with E-state index in [1.165, 1.54) is 12.1 Å². The highest BCUT2D eigenvalue weighted by atomic mass is 16.6. The molecule has 0 aliphatic heterocycles. The molecular weight excluding hydrogens is 386 g/mol. The van der Waals surface area contributed by atoms with Crippen molar-refractivity contribution in [3.63, 3.8) is 0 Å². The number of ether oxygens (including phenoxy) is 2. The molecule has 2 rings (SSSR count). The molecule has 7 nitrogen and oxygen atoms in total. The lowest BCUT2D eigenvalue weighted by atomic mass is 10.00. The lowest BCUT2D eigenvalue weighted by molar-refractivity contribution is -0.385. The number of methoxy groups -OCH3 is 1. The zero-order chi connectivity index (χ0) is 22.5. The number of para-hydroxylation sites is 1. The SMILES string of the molecule is C=C(C(=O)OC(C)(C)C)C(=O)c1ccc(/C=C/c2ccccc2OC)cc1[N+](=O)[O-]. The van der Waals surface area contributed by atoms with Crippen molar-refractivity contribution < 1.29 is 24.0 Å². The standard InChI is InChI=1S/C23H23NO6/c1-15(22(26)30-23(2,3)4)21(25)18-13-11-16(14-19(18)24(27)28)10-12-17-8-6-7-9-20(17)29-5/h6-14H,1H2,2-5H3/b12-10+. The van der Waals surface area contributed by atoms with Gasteiger partial charge in [-0.2, -0.15) is 0 Å². The molecule has 2 aromatic carbocycles. The van der Waals surface area contributed by atoms with E-state index < -0.39 is 33.5 Å². The summed E-state index contributed by atoms with van der Waals surface area (Å²) >= 11 is 0. The fourth-order valence-corrected chi connectivity index (χ4v) is 2.58. The molecule has 0 unspecified atom stereocenters. The predicted molar refractivity (Wildman–Crippen MR) is 114 cm³/mol. The summed E-state index contributed by atoms with van der Waals surface area (Å²) in [6.45, 7) is 8.40. The molecule has 2 aromatic rings. The van der Waals surface area contributed by atoms with Crippen molar-refractivity contribution in [3.8, 4) is 5.75 Å². The number of benzene rings is 2. The maximum Gasteiger partial charge on any atom is 0.342 e. The van der Waals surface area contributed by atoms with Gasteiger partial charge in [0.2, 0.25) is 5.78 Å². The molecule has 0 aromatic heterocycles. The van der Waals surface area contributed by atoms with Crippen molar-refractivity contribution in [2.45, 2.75) is 26.4 Å². The summed E-state index contributed by atoms with van der Waals surface area (Å²) in [7, 11) is 1.55. The fraction of sp³-hybridized carbons (Fsp3) is 0.217. The average molecular weight is 409 g/mol. The largest absolute Gasteiger partial charge is 0.496 e. The Hall–Kier alpha value is -3.74. The molecule has 0 N–H and O–H groups in total. The molecule has 0 fully saturated rings. The van der Waals surface area contributed by atoms with Crippen LogP contribution in [0.3, 0.4) is 0 Å². The van der Waals surface area contributed by atoms with Crippen LogP contribution in [0.5, 0.6) is 5.75 Å².